The maximum atomic E-state index is 12.7. The molecule has 0 unspecified atom stereocenters. The molecule has 0 radical (unpaired) electrons. The summed E-state index contributed by atoms with van der Waals surface area (Å²) in [4.78, 5) is 28.8. The Morgan fingerprint density at radius 2 is 1.87 bits per heavy atom. The summed E-state index contributed by atoms with van der Waals surface area (Å²) in [7, 11) is 1.60. The minimum Gasteiger partial charge on any atom is -0.497 e. The van der Waals surface area contributed by atoms with Crippen molar-refractivity contribution in [2.24, 2.45) is 5.73 Å². The minimum atomic E-state index is -0.313. The Bertz CT molecular complexity index is 1180. The van der Waals surface area contributed by atoms with Gasteiger partial charge in [0.05, 0.1) is 12.6 Å². The molecule has 1 amide bonds. The molecular weight excluding hydrogens is 394 g/mol. The smallest absolute Gasteiger partial charge is 0.251 e. The lowest BCUT2D eigenvalue weighted by Gasteiger charge is -2.14. The van der Waals surface area contributed by atoms with Gasteiger partial charge in [-0.2, -0.15) is 0 Å². The number of hydrogen-bond acceptors (Lipinski definition) is 6. The number of allylic oxidation sites excluding steroid dienone is 1. The zero-order chi connectivity index (χ0) is 22.5. The fourth-order valence-electron chi connectivity index (χ4n) is 3.21. The van der Waals surface area contributed by atoms with Crippen molar-refractivity contribution in [2.45, 2.75) is 20.8 Å². The Morgan fingerprint density at radius 1 is 1.10 bits per heavy atom. The number of methoxy groups -OCH3 is 1. The van der Waals surface area contributed by atoms with Crippen molar-refractivity contribution in [1.29, 1.82) is 0 Å². The average Bonchev–Trinajstić information content (AvgIpc) is 2.74. The van der Waals surface area contributed by atoms with E-state index in [2.05, 4.69) is 10.3 Å². The molecule has 0 bridgehead atoms. The molecule has 7 nitrogen and oxygen atoms in total. The summed E-state index contributed by atoms with van der Waals surface area (Å²) >= 11 is 0. The molecule has 0 fully saturated rings. The van der Waals surface area contributed by atoms with Crippen molar-refractivity contribution in [3.63, 3.8) is 0 Å². The Labute approximate surface area is 180 Å². The lowest BCUT2D eigenvalue weighted by Crippen LogP contribution is -2.29. The number of fused-ring (bicyclic) bond motifs is 1. The van der Waals surface area contributed by atoms with E-state index in [0.29, 0.717) is 39.6 Å². The van der Waals surface area contributed by atoms with Gasteiger partial charge >= 0.3 is 0 Å². The highest BCUT2D eigenvalue weighted by Crippen LogP contribution is 2.33. The molecule has 1 aromatic heterocycles. The van der Waals surface area contributed by atoms with Crippen LogP contribution >= 0.6 is 0 Å². The maximum absolute atomic E-state index is 12.7. The highest BCUT2D eigenvalue weighted by molar-refractivity contribution is 5.99. The standard InChI is InChI=1S/C24H25N3O4/c1-14-18(24(29)27-13-20(15(2)25)16(3)28)6-5-7-22(14)31-23-10-11-26-21-12-17(30-4)8-9-19(21)23/h5-12H,13,25H2,1-4H3,(H,27,29)/b20-15-. The van der Waals surface area contributed by atoms with Crippen LogP contribution in [0.15, 0.2) is 59.9 Å². The molecule has 31 heavy (non-hydrogen) atoms. The number of nitrogens with one attached hydrogen (secondary N) is 1. The number of aromatic nitrogens is 1. The number of hydrogen-bond donors (Lipinski definition) is 2. The quantitative estimate of drug-likeness (QED) is 0.563. The van der Waals surface area contributed by atoms with Crippen LogP contribution in [-0.4, -0.2) is 30.3 Å². The van der Waals surface area contributed by atoms with Crippen LogP contribution in [0.1, 0.15) is 29.8 Å². The Balaban J connectivity index is 1.86. The van der Waals surface area contributed by atoms with Gasteiger partial charge in [-0.3, -0.25) is 14.6 Å². The zero-order valence-electron chi connectivity index (χ0n) is 18.0. The Kier molecular flexibility index (Phi) is 6.55. The minimum absolute atomic E-state index is 0.0673. The molecule has 0 saturated heterocycles. The highest BCUT2D eigenvalue weighted by atomic mass is 16.5. The van der Waals surface area contributed by atoms with Crippen LogP contribution in [0.4, 0.5) is 0 Å². The van der Waals surface area contributed by atoms with Gasteiger partial charge in [0.1, 0.15) is 17.2 Å². The number of ketones is 1. The molecule has 0 aliphatic carbocycles. The first kappa shape index (κ1) is 21.8. The summed E-state index contributed by atoms with van der Waals surface area (Å²) < 4.78 is 11.4. The van der Waals surface area contributed by atoms with E-state index in [4.69, 9.17) is 15.2 Å². The monoisotopic (exact) mass is 419 g/mol. The van der Waals surface area contributed by atoms with Crippen LogP contribution in [-0.2, 0) is 4.79 Å². The summed E-state index contributed by atoms with van der Waals surface area (Å²) in [6, 6.07) is 12.6. The molecule has 0 saturated carbocycles. The van der Waals surface area contributed by atoms with E-state index in [1.54, 1.807) is 44.5 Å². The third-order valence-electron chi connectivity index (χ3n) is 4.99. The van der Waals surface area contributed by atoms with E-state index in [-0.39, 0.29) is 18.2 Å². The first-order valence-electron chi connectivity index (χ1n) is 9.76. The number of nitrogens with zero attached hydrogens (tertiary/aromatic N) is 1. The van der Waals surface area contributed by atoms with Gasteiger partial charge in [-0.05, 0) is 51.1 Å². The molecule has 3 rings (SSSR count). The normalized spacial score (nSPS) is 11.6. The number of rotatable bonds is 7. The second kappa shape index (κ2) is 9.30. The number of ether oxygens (including phenoxy) is 2. The fraction of sp³-hybridized carbons (Fsp3) is 0.208. The van der Waals surface area contributed by atoms with E-state index in [1.165, 1.54) is 6.92 Å². The van der Waals surface area contributed by atoms with Crippen LogP contribution in [0, 0.1) is 6.92 Å². The number of Topliss-reactive ketones (excluding diaryl/α,β-unsaturated/α-hetero) is 1. The summed E-state index contributed by atoms with van der Waals surface area (Å²) in [6.45, 7) is 4.94. The zero-order valence-corrected chi connectivity index (χ0v) is 18.0. The lowest BCUT2D eigenvalue weighted by molar-refractivity contribution is -0.113. The SMILES string of the molecule is COc1ccc2c(Oc3cccc(C(=O)NC/C(C(C)=O)=C(\C)N)c3C)ccnc2c1. The van der Waals surface area contributed by atoms with Crippen molar-refractivity contribution in [3.8, 4) is 17.2 Å². The molecule has 160 valence electrons. The van der Waals surface area contributed by atoms with Crippen LogP contribution < -0.4 is 20.5 Å². The van der Waals surface area contributed by atoms with E-state index in [1.807, 2.05) is 25.1 Å². The number of carbonyl (C=O) groups excluding carboxylic acids is 2. The summed E-state index contributed by atoms with van der Waals surface area (Å²) in [5.41, 5.74) is 8.39. The maximum Gasteiger partial charge on any atom is 0.251 e. The number of benzene rings is 2. The molecular formula is C24H25N3O4. The summed E-state index contributed by atoms with van der Waals surface area (Å²) in [6.07, 6.45) is 1.66. The first-order valence-corrected chi connectivity index (χ1v) is 9.76. The number of amides is 1. The van der Waals surface area contributed by atoms with E-state index in [0.717, 1.165) is 10.9 Å². The van der Waals surface area contributed by atoms with Gasteiger partial charge in [0, 0.05) is 46.6 Å². The number of nitrogens with two attached hydrogens (primary N) is 1. The second-order valence-electron chi connectivity index (χ2n) is 7.12. The molecule has 0 aliphatic rings. The average molecular weight is 419 g/mol. The number of pyridine rings is 1. The molecule has 7 heteroatoms. The predicted octanol–water partition coefficient (Wildman–Crippen LogP) is 3.90. The molecule has 0 spiro atoms. The third-order valence-corrected chi connectivity index (χ3v) is 4.99. The van der Waals surface area contributed by atoms with Crippen molar-refractivity contribution < 1.29 is 19.1 Å². The predicted molar refractivity (Wildman–Crippen MR) is 119 cm³/mol. The molecule has 2 aromatic carbocycles. The summed E-state index contributed by atoms with van der Waals surface area (Å²) in [5.74, 6) is 1.39. The van der Waals surface area contributed by atoms with Crippen molar-refractivity contribution in [1.82, 2.24) is 10.3 Å². The number of carbonyl (C=O) groups is 2. The van der Waals surface area contributed by atoms with Crippen LogP contribution in [0.2, 0.25) is 0 Å². The van der Waals surface area contributed by atoms with E-state index in [9.17, 15) is 9.59 Å². The van der Waals surface area contributed by atoms with Crippen LogP contribution in [0.3, 0.4) is 0 Å². The van der Waals surface area contributed by atoms with Gasteiger partial charge in [-0.15, -0.1) is 0 Å². The van der Waals surface area contributed by atoms with Gasteiger partial charge in [0.2, 0.25) is 0 Å². The Hall–Kier alpha value is -3.87. The molecule has 3 aromatic rings. The topological polar surface area (TPSA) is 104 Å². The highest BCUT2D eigenvalue weighted by Gasteiger charge is 2.16. The van der Waals surface area contributed by atoms with Crippen molar-refractivity contribution in [2.75, 3.05) is 13.7 Å². The van der Waals surface area contributed by atoms with E-state index >= 15 is 0 Å². The Morgan fingerprint density at radius 3 is 2.55 bits per heavy atom. The second-order valence-corrected chi connectivity index (χ2v) is 7.12. The largest absolute Gasteiger partial charge is 0.497 e. The van der Waals surface area contributed by atoms with Crippen LogP contribution in [0.25, 0.3) is 10.9 Å². The van der Waals surface area contributed by atoms with Crippen molar-refractivity contribution >= 4 is 22.6 Å². The summed E-state index contributed by atoms with van der Waals surface area (Å²) in [5, 5.41) is 3.58. The van der Waals surface area contributed by atoms with Crippen LogP contribution in [0.5, 0.6) is 17.2 Å². The fourth-order valence-corrected chi connectivity index (χ4v) is 3.21. The van der Waals surface area contributed by atoms with Gasteiger partial charge in [0.15, 0.2) is 5.78 Å². The van der Waals surface area contributed by atoms with Gasteiger partial charge in [-0.1, -0.05) is 6.07 Å². The van der Waals surface area contributed by atoms with Gasteiger partial charge in [-0.25, -0.2) is 0 Å². The lowest BCUT2D eigenvalue weighted by atomic mass is 10.1. The molecule has 3 N–H and O–H groups in total. The van der Waals surface area contributed by atoms with Crippen molar-refractivity contribution in [3.05, 3.63) is 71.1 Å². The first-order chi connectivity index (χ1) is 14.8. The molecule has 0 atom stereocenters. The molecule has 1 heterocycles. The third kappa shape index (κ3) is 4.83. The van der Waals surface area contributed by atoms with E-state index < -0.39 is 0 Å². The molecule has 0 aliphatic heterocycles. The van der Waals surface area contributed by atoms with Gasteiger partial charge < -0.3 is 20.5 Å². The van der Waals surface area contributed by atoms with Gasteiger partial charge in [0.25, 0.3) is 5.91 Å².